The molecule has 0 N–H and O–H groups in total. The summed E-state index contributed by atoms with van der Waals surface area (Å²) in [7, 11) is 0. The van der Waals surface area contributed by atoms with Crippen LogP contribution in [0.2, 0.25) is 0 Å². The fourth-order valence-electron chi connectivity index (χ4n) is 4.01. The van der Waals surface area contributed by atoms with Gasteiger partial charge in [-0.05, 0) is 31.2 Å². The minimum Gasteiger partial charge on any atom is -0.434 e. The number of aromatic nitrogens is 2. The molecule has 2 aromatic carbocycles. The number of para-hydroxylation sites is 2. The molecule has 0 bridgehead atoms. The van der Waals surface area contributed by atoms with Crippen LogP contribution in [-0.4, -0.2) is 27.1 Å². The molecule has 5 nitrogen and oxygen atoms in total. The van der Waals surface area contributed by atoms with Crippen LogP contribution in [0.4, 0.5) is 14.6 Å². The number of nitrogens with zero attached hydrogens (tertiary/aromatic N) is 4. The lowest BCUT2D eigenvalue weighted by atomic mass is 9.94. The van der Waals surface area contributed by atoms with E-state index in [1.807, 2.05) is 37.3 Å². The third kappa shape index (κ3) is 3.47. The summed E-state index contributed by atoms with van der Waals surface area (Å²) in [6.07, 6.45) is 3.27. The van der Waals surface area contributed by atoms with Crippen LogP contribution >= 0.6 is 23.2 Å². The SMILES string of the molecule is Cc1nn(-c2ccccc2)c2c1[C@@H](c1ccccc1OC(F)F)N1C=C(Cl)C=C(Cl)C1=N2. The molecule has 0 amide bonds. The number of allylic oxidation sites excluding steroid dienone is 2. The zero-order valence-corrected chi connectivity index (χ0v) is 18.2. The molecule has 2 aliphatic rings. The van der Waals surface area contributed by atoms with E-state index < -0.39 is 12.7 Å². The van der Waals surface area contributed by atoms with Gasteiger partial charge in [-0.15, -0.1) is 0 Å². The van der Waals surface area contributed by atoms with Crippen molar-refractivity contribution in [2.45, 2.75) is 19.6 Å². The van der Waals surface area contributed by atoms with Gasteiger partial charge in [0.05, 0.1) is 27.5 Å². The molecular weight excluding hydrogens is 457 g/mol. The van der Waals surface area contributed by atoms with Gasteiger partial charge in [0.2, 0.25) is 0 Å². The summed E-state index contributed by atoms with van der Waals surface area (Å²) in [6.45, 7) is -1.11. The molecule has 1 atom stereocenters. The van der Waals surface area contributed by atoms with Gasteiger partial charge >= 0.3 is 6.61 Å². The summed E-state index contributed by atoms with van der Waals surface area (Å²) in [5.74, 6) is 1.06. The maximum Gasteiger partial charge on any atom is 0.387 e. The Morgan fingerprint density at radius 3 is 2.50 bits per heavy atom. The van der Waals surface area contributed by atoms with Crippen molar-refractivity contribution < 1.29 is 13.5 Å². The molecule has 0 fully saturated rings. The second kappa shape index (κ2) is 8.07. The predicted molar refractivity (Wildman–Crippen MR) is 120 cm³/mol. The predicted octanol–water partition coefficient (Wildman–Crippen LogP) is 6.43. The van der Waals surface area contributed by atoms with Crippen molar-refractivity contribution in [3.8, 4) is 11.4 Å². The van der Waals surface area contributed by atoms with Crippen LogP contribution in [0.3, 0.4) is 0 Å². The normalized spacial score (nSPS) is 17.4. The molecule has 0 spiro atoms. The molecule has 1 aromatic heterocycles. The molecule has 0 saturated carbocycles. The van der Waals surface area contributed by atoms with Crippen molar-refractivity contribution >= 4 is 34.9 Å². The summed E-state index contributed by atoms with van der Waals surface area (Å²) in [4.78, 5) is 6.57. The Hall–Kier alpha value is -3.16. The first kappa shape index (κ1) is 20.7. The maximum absolute atomic E-state index is 13.2. The topological polar surface area (TPSA) is 42.6 Å². The van der Waals surface area contributed by atoms with Crippen LogP contribution in [0.1, 0.15) is 22.9 Å². The number of alkyl halides is 2. The first-order valence-corrected chi connectivity index (χ1v) is 10.5. The largest absolute Gasteiger partial charge is 0.434 e. The Morgan fingerprint density at radius 1 is 1.03 bits per heavy atom. The zero-order valence-electron chi connectivity index (χ0n) is 16.7. The standard InChI is InChI=1S/C23H16Cl2F2N4O/c1-13-19-20(16-9-5-6-10-18(16)32-23(26)27)30-12-14(24)11-17(25)21(30)28-22(19)31(29-13)15-7-3-2-4-8-15/h2-12,20,23H,1H3/t20-/m1/s1. The lowest BCUT2D eigenvalue weighted by molar-refractivity contribution is -0.0507. The Labute approximate surface area is 192 Å². The fraction of sp³-hybridized carbons (Fsp3) is 0.130. The number of amidine groups is 1. The summed E-state index contributed by atoms with van der Waals surface area (Å²) in [5.41, 5.74) is 2.77. The Kier molecular flexibility index (Phi) is 5.23. The average Bonchev–Trinajstić information content (AvgIpc) is 3.10. The van der Waals surface area contributed by atoms with Gasteiger partial charge in [-0.3, -0.25) is 0 Å². The maximum atomic E-state index is 13.2. The van der Waals surface area contributed by atoms with Gasteiger partial charge < -0.3 is 9.64 Å². The lowest BCUT2D eigenvalue weighted by Gasteiger charge is -2.37. The van der Waals surface area contributed by atoms with E-state index in [0.29, 0.717) is 33.0 Å². The number of halogens is 4. The molecule has 5 rings (SSSR count). The Bertz CT molecular complexity index is 1280. The van der Waals surface area contributed by atoms with Gasteiger partial charge in [0.25, 0.3) is 0 Å². The van der Waals surface area contributed by atoms with Gasteiger partial charge in [-0.1, -0.05) is 59.6 Å². The first-order valence-electron chi connectivity index (χ1n) is 9.74. The summed E-state index contributed by atoms with van der Waals surface area (Å²) in [5, 5.41) is 5.43. The Morgan fingerprint density at radius 2 is 1.75 bits per heavy atom. The van der Waals surface area contributed by atoms with Crippen LogP contribution < -0.4 is 4.74 Å². The van der Waals surface area contributed by atoms with E-state index in [2.05, 4.69) is 0 Å². The molecular formula is C23H16Cl2F2N4O. The van der Waals surface area contributed by atoms with E-state index in [9.17, 15) is 8.78 Å². The fourth-order valence-corrected chi connectivity index (χ4v) is 4.53. The number of hydrogen-bond donors (Lipinski definition) is 0. The first-order chi connectivity index (χ1) is 15.4. The van der Waals surface area contributed by atoms with Crippen LogP contribution in [0.25, 0.3) is 5.69 Å². The van der Waals surface area contributed by atoms with E-state index in [1.54, 1.807) is 40.1 Å². The van der Waals surface area contributed by atoms with Gasteiger partial charge in [0.15, 0.2) is 11.7 Å². The number of fused-ring (bicyclic) bond motifs is 2. The molecule has 3 heterocycles. The Balaban J connectivity index is 1.78. The molecule has 0 saturated heterocycles. The van der Waals surface area contributed by atoms with Crippen molar-refractivity contribution in [2.75, 3.05) is 0 Å². The van der Waals surface area contributed by atoms with Crippen LogP contribution in [0.15, 0.2) is 81.9 Å². The van der Waals surface area contributed by atoms with Crippen molar-refractivity contribution in [3.05, 3.63) is 93.8 Å². The molecule has 32 heavy (non-hydrogen) atoms. The molecule has 9 heteroatoms. The van der Waals surface area contributed by atoms with E-state index >= 15 is 0 Å². The number of aryl methyl sites for hydroxylation is 1. The van der Waals surface area contributed by atoms with Crippen LogP contribution in [-0.2, 0) is 0 Å². The highest BCUT2D eigenvalue weighted by Crippen LogP contribution is 2.47. The minimum atomic E-state index is -2.97. The highest BCUT2D eigenvalue weighted by molar-refractivity contribution is 6.45. The monoisotopic (exact) mass is 472 g/mol. The summed E-state index contributed by atoms with van der Waals surface area (Å²) < 4.78 is 32.9. The highest BCUT2D eigenvalue weighted by Gasteiger charge is 2.39. The third-order valence-electron chi connectivity index (χ3n) is 5.26. The quantitative estimate of drug-likeness (QED) is 0.439. The lowest BCUT2D eigenvalue weighted by Crippen LogP contribution is -2.36. The van der Waals surface area contributed by atoms with Crippen molar-refractivity contribution in [3.63, 3.8) is 0 Å². The van der Waals surface area contributed by atoms with Gasteiger partial charge in [0, 0.05) is 17.3 Å². The molecule has 162 valence electrons. The van der Waals surface area contributed by atoms with Crippen LogP contribution in [0.5, 0.6) is 5.75 Å². The smallest absolute Gasteiger partial charge is 0.387 e. The van der Waals surface area contributed by atoms with E-state index in [4.69, 9.17) is 38.0 Å². The number of aliphatic imine (C=N–C) groups is 1. The van der Waals surface area contributed by atoms with E-state index in [1.165, 1.54) is 6.07 Å². The molecule has 0 unspecified atom stereocenters. The van der Waals surface area contributed by atoms with Gasteiger partial charge in [-0.2, -0.15) is 13.9 Å². The summed E-state index contributed by atoms with van der Waals surface area (Å²) in [6, 6.07) is 15.6. The van der Waals surface area contributed by atoms with Crippen molar-refractivity contribution in [1.29, 1.82) is 0 Å². The minimum absolute atomic E-state index is 0.0572. The third-order valence-corrected chi connectivity index (χ3v) is 5.75. The average molecular weight is 473 g/mol. The number of ether oxygens (including phenoxy) is 1. The van der Waals surface area contributed by atoms with Crippen molar-refractivity contribution in [1.82, 2.24) is 14.7 Å². The molecule has 0 radical (unpaired) electrons. The van der Waals surface area contributed by atoms with Crippen LogP contribution in [0, 0.1) is 6.92 Å². The molecule has 0 aliphatic carbocycles. The number of hydrogen-bond acceptors (Lipinski definition) is 4. The highest BCUT2D eigenvalue weighted by atomic mass is 35.5. The van der Waals surface area contributed by atoms with Crippen molar-refractivity contribution in [2.24, 2.45) is 4.99 Å². The second-order valence-electron chi connectivity index (χ2n) is 7.24. The van der Waals surface area contributed by atoms with E-state index in [-0.39, 0.29) is 5.75 Å². The van der Waals surface area contributed by atoms with Gasteiger partial charge in [-0.25, -0.2) is 9.67 Å². The second-order valence-corrected chi connectivity index (χ2v) is 8.08. The molecule has 3 aromatic rings. The van der Waals surface area contributed by atoms with E-state index in [0.717, 1.165) is 11.3 Å². The number of rotatable bonds is 4. The summed E-state index contributed by atoms with van der Waals surface area (Å²) >= 11 is 12.8. The molecule has 2 aliphatic heterocycles. The zero-order chi connectivity index (χ0) is 22.4. The van der Waals surface area contributed by atoms with Gasteiger partial charge in [0.1, 0.15) is 5.75 Å². The number of benzene rings is 2.